The number of nitrogens with zero attached hydrogens (tertiary/aromatic N) is 1. The van der Waals surface area contributed by atoms with Gasteiger partial charge in [0.05, 0.1) is 11.5 Å². The highest BCUT2D eigenvalue weighted by Crippen LogP contribution is 2.24. The lowest BCUT2D eigenvalue weighted by Gasteiger charge is -2.30. The molecule has 0 radical (unpaired) electrons. The van der Waals surface area contributed by atoms with Crippen LogP contribution in [0.4, 0.5) is 5.69 Å². The standard InChI is InChI=1S/C19H26N4O5S/c1-3-28-19(25)12-21-17-8-5-9-18(16(17)11-20)23-29(26,27)15-7-4-6-14(10-15)22-13(2)24/h4,6-7,10-11,16,18,20,23H,3,5,8-9,12H2,1-2H3,(H,22,24). The van der Waals surface area contributed by atoms with Gasteiger partial charge in [0, 0.05) is 36.5 Å². The van der Waals surface area contributed by atoms with Crippen molar-refractivity contribution in [3.8, 4) is 0 Å². The lowest BCUT2D eigenvalue weighted by atomic mass is 9.84. The van der Waals surface area contributed by atoms with Crippen LogP contribution in [0.1, 0.15) is 33.1 Å². The maximum absolute atomic E-state index is 12.8. The summed E-state index contributed by atoms with van der Waals surface area (Å²) in [5.41, 5.74) is 0.989. The van der Waals surface area contributed by atoms with Crippen molar-refractivity contribution in [3.63, 3.8) is 0 Å². The Kier molecular flexibility index (Phi) is 8.03. The lowest BCUT2D eigenvalue weighted by Crippen LogP contribution is -2.46. The van der Waals surface area contributed by atoms with Gasteiger partial charge in [0.2, 0.25) is 15.9 Å². The number of ether oxygens (including phenoxy) is 1. The van der Waals surface area contributed by atoms with Crippen molar-refractivity contribution in [3.05, 3.63) is 24.3 Å². The monoisotopic (exact) mass is 422 g/mol. The van der Waals surface area contributed by atoms with Crippen LogP contribution in [0.15, 0.2) is 34.2 Å². The zero-order chi connectivity index (χ0) is 21.4. The maximum atomic E-state index is 12.8. The Hall–Kier alpha value is -2.59. The van der Waals surface area contributed by atoms with E-state index in [1.807, 2.05) is 0 Å². The number of sulfonamides is 1. The third-order valence-corrected chi connectivity index (χ3v) is 5.92. The van der Waals surface area contributed by atoms with Gasteiger partial charge in [-0.15, -0.1) is 0 Å². The lowest BCUT2D eigenvalue weighted by molar-refractivity contribution is -0.141. The van der Waals surface area contributed by atoms with E-state index in [-0.39, 0.29) is 24.0 Å². The summed E-state index contributed by atoms with van der Waals surface area (Å²) in [5, 5.41) is 10.3. The average molecular weight is 423 g/mol. The van der Waals surface area contributed by atoms with Crippen molar-refractivity contribution in [2.24, 2.45) is 10.9 Å². The summed E-state index contributed by atoms with van der Waals surface area (Å²) >= 11 is 0. The molecule has 3 N–H and O–H groups in total. The van der Waals surface area contributed by atoms with E-state index in [9.17, 15) is 18.0 Å². The van der Waals surface area contributed by atoms with Gasteiger partial charge in [0.15, 0.2) is 0 Å². The normalized spacial score (nSPS) is 20.8. The molecule has 2 rings (SSSR count). The molecule has 1 amide bonds. The van der Waals surface area contributed by atoms with Crippen LogP contribution in [-0.2, 0) is 24.3 Å². The smallest absolute Gasteiger partial charge is 0.327 e. The molecular weight excluding hydrogens is 396 g/mol. The third-order valence-electron chi connectivity index (χ3n) is 4.43. The summed E-state index contributed by atoms with van der Waals surface area (Å²) in [5.74, 6) is -1.29. The fourth-order valence-electron chi connectivity index (χ4n) is 3.19. The second-order valence-electron chi connectivity index (χ2n) is 6.63. The van der Waals surface area contributed by atoms with Crippen LogP contribution in [0.3, 0.4) is 0 Å². The number of amides is 1. The Labute approximate surface area is 170 Å². The van der Waals surface area contributed by atoms with Crippen LogP contribution in [0.5, 0.6) is 0 Å². The number of hydrogen-bond donors (Lipinski definition) is 3. The molecule has 158 valence electrons. The van der Waals surface area contributed by atoms with Gasteiger partial charge in [-0.25, -0.2) is 13.1 Å². The van der Waals surface area contributed by atoms with Gasteiger partial charge in [-0.1, -0.05) is 6.07 Å². The van der Waals surface area contributed by atoms with Crippen molar-refractivity contribution >= 4 is 39.5 Å². The molecule has 1 aliphatic carbocycles. The molecule has 9 nitrogen and oxygen atoms in total. The Morgan fingerprint density at radius 2 is 2.14 bits per heavy atom. The van der Waals surface area contributed by atoms with Crippen LogP contribution < -0.4 is 10.0 Å². The van der Waals surface area contributed by atoms with Crippen LogP contribution >= 0.6 is 0 Å². The molecule has 1 saturated carbocycles. The van der Waals surface area contributed by atoms with Crippen LogP contribution in [0.25, 0.3) is 0 Å². The average Bonchev–Trinajstić information content (AvgIpc) is 2.66. The van der Waals surface area contributed by atoms with E-state index in [0.29, 0.717) is 30.7 Å². The summed E-state index contributed by atoms with van der Waals surface area (Å²) < 4.78 is 33.2. The fourth-order valence-corrected chi connectivity index (χ4v) is 4.53. The molecule has 0 saturated heterocycles. The van der Waals surface area contributed by atoms with Gasteiger partial charge in [-0.3, -0.25) is 14.6 Å². The quantitative estimate of drug-likeness (QED) is 0.433. The molecule has 1 aromatic rings. The van der Waals surface area contributed by atoms with E-state index < -0.39 is 28.0 Å². The minimum absolute atomic E-state index is 0.0167. The minimum Gasteiger partial charge on any atom is -0.465 e. The van der Waals surface area contributed by atoms with E-state index in [4.69, 9.17) is 10.1 Å². The topological polar surface area (TPSA) is 138 Å². The van der Waals surface area contributed by atoms with Crippen LogP contribution in [0.2, 0.25) is 0 Å². The number of anilines is 1. The summed E-state index contributed by atoms with van der Waals surface area (Å²) in [7, 11) is -3.88. The van der Waals surface area contributed by atoms with Gasteiger partial charge in [0.25, 0.3) is 0 Å². The largest absolute Gasteiger partial charge is 0.465 e. The molecule has 0 heterocycles. The summed E-state index contributed by atoms with van der Waals surface area (Å²) in [4.78, 5) is 27.0. The SMILES string of the molecule is CCOC(=O)CN=C1CCCC(NS(=O)(=O)c2cccc(NC(C)=O)c2)C1C=N. The molecule has 1 aromatic carbocycles. The van der Waals surface area contributed by atoms with E-state index in [2.05, 4.69) is 15.0 Å². The Bertz CT molecular complexity index is 898. The van der Waals surface area contributed by atoms with Crippen LogP contribution in [0, 0.1) is 11.3 Å². The predicted octanol–water partition coefficient (Wildman–Crippen LogP) is 1.75. The number of esters is 1. The summed E-state index contributed by atoms with van der Waals surface area (Å²) in [6.45, 7) is 3.16. The van der Waals surface area contributed by atoms with Gasteiger partial charge >= 0.3 is 5.97 Å². The summed E-state index contributed by atoms with van der Waals surface area (Å²) in [6.07, 6.45) is 2.98. The molecule has 1 fully saturated rings. The highest BCUT2D eigenvalue weighted by atomic mass is 32.2. The second-order valence-corrected chi connectivity index (χ2v) is 8.35. The molecule has 2 atom stereocenters. The zero-order valence-corrected chi connectivity index (χ0v) is 17.3. The highest BCUT2D eigenvalue weighted by molar-refractivity contribution is 7.89. The number of benzene rings is 1. The molecule has 1 aliphatic rings. The number of aliphatic imine (C=N–C) groups is 1. The first-order valence-corrected chi connectivity index (χ1v) is 10.8. The molecule has 0 aliphatic heterocycles. The van der Waals surface area contributed by atoms with Crippen molar-refractivity contribution in [1.29, 1.82) is 5.41 Å². The Morgan fingerprint density at radius 3 is 2.79 bits per heavy atom. The molecule has 29 heavy (non-hydrogen) atoms. The predicted molar refractivity (Wildman–Crippen MR) is 110 cm³/mol. The Balaban J connectivity index is 2.18. The Morgan fingerprint density at radius 1 is 1.38 bits per heavy atom. The van der Waals surface area contributed by atoms with Gasteiger partial charge in [-0.2, -0.15) is 0 Å². The maximum Gasteiger partial charge on any atom is 0.327 e. The summed E-state index contributed by atoms with van der Waals surface area (Å²) in [6, 6.07) is 5.41. The molecule has 0 spiro atoms. The zero-order valence-electron chi connectivity index (χ0n) is 16.5. The first kappa shape index (κ1) is 22.7. The highest BCUT2D eigenvalue weighted by Gasteiger charge is 2.32. The van der Waals surface area contributed by atoms with Crippen molar-refractivity contribution in [1.82, 2.24) is 4.72 Å². The second kappa shape index (κ2) is 10.3. The molecule has 2 unspecified atom stereocenters. The third kappa shape index (κ3) is 6.47. The van der Waals surface area contributed by atoms with Gasteiger partial charge in [-0.05, 0) is 44.4 Å². The molecule has 0 aromatic heterocycles. The molecule has 10 heteroatoms. The van der Waals surface area contributed by atoms with Gasteiger partial charge < -0.3 is 15.5 Å². The van der Waals surface area contributed by atoms with Crippen molar-refractivity contribution in [2.75, 3.05) is 18.5 Å². The van der Waals surface area contributed by atoms with E-state index in [0.717, 1.165) is 6.21 Å². The number of nitrogens with one attached hydrogen (secondary N) is 3. The first-order chi connectivity index (χ1) is 13.8. The number of hydrogen-bond acceptors (Lipinski definition) is 7. The molecular formula is C19H26N4O5S. The van der Waals surface area contributed by atoms with Crippen molar-refractivity contribution in [2.45, 2.75) is 44.0 Å². The minimum atomic E-state index is -3.88. The van der Waals surface area contributed by atoms with E-state index >= 15 is 0 Å². The number of carbonyl (C=O) groups is 2. The first-order valence-electron chi connectivity index (χ1n) is 9.36. The van der Waals surface area contributed by atoms with E-state index in [1.165, 1.54) is 19.1 Å². The number of rotatable bonds is 8. The van der Waals surface area contributed by atoms with Crippen molar-refractivity contribution < 1.29 is 22.7 Å². The van der Waals surface area contributed by atoms with Crippen LogP contribution in [-0.4, -0.2) is 51.4 Å². The number of carbonyl (C=O) groups excluding carboxylic acids is 2. The molecule has 0 bridgehead atoms. The van der Waals surface area contributed by atoms with Gasteiger partial charge in [0.1, 0.15) is 6.54 Å². The van der Waals surface area contributed by atoms with E-state index in [1.54, 1.807) is 19.1 Å². The fraction of sp³-hybridized carbons (Fsp3) is 0.474.